The van der Waals surface area contributed by atoms with Crippen LogP contribution in [0.15, 0.2) is 72.1 Å². The number of anilines is 1. The maximum atomic E-state index is 12.2. The summed E-state index contributed by atoms with van der Waals surface area (Å²) in [6.07, 6.45) is 4.43. The number of para-hydroxylation sites is 2. The monoisotopic (exact) mass is 392 g/mol. The first-order chi connectivity index (χ1) is 14.1. The Bertz CT molecular complexity index is 1050. The van der Waals surface area contributed by atoms with Crippen molar-refractivity contribution >= 4 is 23.6 Å². The summed E-state index contributed by atoms with van der Waals surface area (Å²) in [5.41, 5.74) is 3.77. The number of ether oxygens (including phenoxy) is 2. The van der Waals surface area contributed by atoms with Crippen LogP contribution < -0.4 is 14.9 Å². The Hall–Kier alpha value is -4.27. The summed E-state index contributed by atoms with van der Waals surface area (Å²) in [5.74, 6) is 0.0120. The molecule has 0 aliphatic carbocycles. The summed E-state index contributed by atoms with van der Waals surface area (Å²) in [6, 6.07) is 14.3. The number of hydrogen-bond acceptors (Lipinski definition) is 8. The van der Waals surface area contributed by atoms with Gasteiger partial charge in [0.25, 0.3) is 5.69 Å². The van der Waals surface area contributed by atoms with Crippen molar-refractivity contribution in [2.24, 2.45) is 5.10 Å². The highest BCUT2D eigenvalue weighted by Crippen LogP contribution is 2.28. The van der Waals surface area contributed by atoms with Crippen molar-refractivity contribution in [2.75, 3.05) is 12.5 Å². The zero-order valence-electron chi connectivity index (χ0n) is 15.3. The van der Waals surface area contributed by atoms with Gasteiger partial charge >= 0.3 is 5.97 Å². The smallest absolute Gasteiger partial charge is 0.345 e. The predicted molar refractivity (Wildman–Crippen MR) is 107 cm³/mol. The number of pyridine rings is 1. The Labute approximate surface area is 165 Å². The van der Waals surface area contributed by atoms with E-state index in [1.807, 2.05) is 0 Å². The normalized spacial score (nSPS) is 10.5. The van der Waals surface area contributed by atoms with Gasteiger partial charge in [-0.05, 0) is 42.0 Å². The molecule has 0 unspecified atom stereocenters. The summed E-state index contributed by atoms with van der Waals surface area (Å²) >= 11 is 0. The second-order valence-corrected chi connectivity index (χ2v) is 5.69. The number of nitrogens with one attached hydrogen (secondary N) is 1. The van der Waals surface area contributed by atoms with Crippen LogP contribution in [0.25, 0.3) is 0 Å². The van der Waals surface area contributed by atoms with E-state index in [0.717, 1.165) is 0 Å². The van der Waals surface area contributed by atoms with Crippen LogP contribution in [0, 0.1) is 10.1 Å². The standard InChI is InChI=1S/C20H16N4O5/c1-28-19-11-14(12-22-23-16-6-2-3-7-17(16)24(26)27)8-9-18(19)29-20(25)15-5-4-10-21-13-15/h2-13,23H,1H3/b22-12-. The summed E-state index contributed by atoms with van der Waals surface area (Å²) < 4.78 is 10.6. The highest BCUT2D eigenvalue weighted by Gasteiger charge is 2.13. The Morgan fingerprint density at radius 1 is 1.17 bits per heavy atom. The van der Waals surface area contributed by atoms with E-state index in [-0.39, 0.29) is 17.1 Å². The zero-order chi connectivity index (χ0) is 20.6. The quantitative estimate of drug-likeness (QED) is 0.214. The van der Waals surface area contributed by atoms with Crippen LogP contribution in [0.2, 0.25) is 0 Å². The Morgan fingerprint density at radius 2 is 2.00 bits per heavy atom. The fourth-order valence-electron chi connectivity index (χ4n) is 2.39. The van der Waals surface area contributed by atoms with Crippen molar-refractivity contribution in [3.8, 4) is 11.5 Å². The molecule has 0 amide bonds. The van der Waals surface area contributed by atoms with E-state index in [1.165, 1.54) is 25.6 Å². The molecule has 2 aromatic carbocycles. The maximum absolute atomic E-state index is 12.2. The first-order valence-electron chi connectivity index (χ1n) is 8.41. The number of methoxy groups -OCH3 is 1. The van der Waals surface area contributed by atoms with Gasteiger partial charge in [0.15, 0.2) is 11.5 Å². The number of nitrogens with zero attached hydrogens (tertiary/aromatic N) is 3. The van der Waals surface area contributed by atoms with Crippen molar-refractivity contribution in [3.05, 3.63) is 88.2 Å². The molecule has 0 spiro atoms. The van der Waals surface area contributed by atoms with Crippen LogP contribution in [-0.4, -0.2) is 29.2 Å². The molecule has 0 atom stereocenters. The number of nitro groups is 1. The van der Waals surface area contributed by atoms with E-state index < -0.39 is 10.9 Å². The van der Waals surface area contributed by atoms with Crippen LogP contribution in [0.5, 0.6) is 11.5 Å². The minimum Gasteiger partial charge on any atom is -0.493 e. The molecular formula is C20H16N4O5. The number of benzene rings is 2. The van der Waals surface area contributed by atoms with Crippen molar-refractivity contribution in [1.82, 2.24) is 4.98 Å². The van der Waals surface area contributed by atoms with Gasteiger partial charge in [-0.3, -0.25) is 20.5 Å². The number of carbonyl (C=O) groups excluding carboxylic acids is 1. The van der Waals surface area contributed by atoms with E-state index in [2.05, 4.69) is 15.5 Å². The first-order valence-corrected chi connectivity index (χ1v) is 8.41. The largest absolute Gasteiger partial charge is 0.493 e. The van der Waals surface area contributed by atoms with Gasteiger partial charge in [0.2, 0.25) is 0 Å². The molecule has 0 aliphatic heterocycles. The minimum absolute atomic E-state index is 0.0834. The molecule has 0 bridgehead atoms. The van der Waals surface area contributed by atoms with E-state index >= 15 is 0 Å². The second kappa shape index (κ2) is 9.09. The molecule has 0 aliphatic rings. The van der Waals surface area contributed by atoms with E-state index in [1.54, 1.807) is 54.7 Å². The SMILES string of the molecule is COc1cc(/C=N\Nc2ccccc2[N+](=O)[O-])ccc1OC(=O)c1cccnc1. The van der Waals surface area contributed by atoms with Crippen LogP contribution in [0.1, 0.15) is 15.9 Å². The molecule has 9 nitrogen and oxygen atoms in total. The Kier molecular flexibility index (Phi) is 6.11. The highest BCUT2D eigenvalue weighted by molar-refractivity contribution is 5.91. The third-order valence-corrected chi connectivity index (χ3v) is 3.79. The third-order valence-electron chi connectivity index (χ3n) is 3.79. The molecule has 3 rings (SSSR count). The topological polar surface area (TPSA) is 116 Å². The van der Waals surface area contributed by atoms with Gasteiger partial charge in [0.05, 0.1) is 23.8 Å². The summed E-state index contributed by atoms with van der Waals surface area (Å²) in [5, 5.41) is 15.0. The zero-order valence-corrected chi connectivity index (χ0v) is 15.3. The van der Waals surface area contributed by atoms with Crippen LogP contribution in [-0.2, 0) is 0 Å². The van der Waals surface area contributed by atoms with Crippen LogP contribution >= 0.6 is 0 Å². The highest BCUT2D eigenvalue weighted by atomic mass is 16.6. The van der Waals surface area contributed by atoms with Crippen molar-refractivity contribution < 1.29 is 19.2 Å². The molecule has 1 aromatic heterocycles. The molecule has 1 heterocycles. The van der Waals surface area contributed by atoms with E-state index in [0.29, 0.717) is 16.9 Å². The molecule has 0 saturated heterocycles. The Balaban J connectivity index is 1.73. The molecule has 29 heavy (non-hydrogen) atoms. The number of hydrogen-bond donors (Lipinski definition) is 1. The minimum atomic E-state index is -0.559. The van der Waals surface area contributed by atoms with Gasteiger partial charge in [0.1, 0.15) is 5.69 Å². The van der Waals surface area contributed by atoms with Gasteiger partial charge in [-0.15, -0.1) is 0 Å². The lowest BCUT2D eigenvalue weighted by Gasteiger charge is -2.09. The van der Waals surface area contributed by atoms with Crippen molar-refractivity contribution in [3.63, 3.8) is 0 Å². The molecule has 1 N–H and O–H groups in total. The average molecular weight is 392 g/mol. The second-order valence-electron chi connectivity index (χ2n) is 5.69. The lowest BCUT2D eigenvalue weighted by molar-refractivity contribution is -0.384. The average Bonchev–Trinajstić information content (AvgIpc) is 2.75. The van der Waals surface area contributed by atoms with Gasteiger partial charge in [0, 0.05) is 18.5 Å². The van der Waals surface area contributed by atoms with Gasteiger partial charge in [-0.2, -0.15) is 5.10 Å². The van der Waals surface area contributed by atoms with E-state index in [9.17, 15) is 14.9 Å². The number of esters is 1. The fraction of sp³-hybridized carbons (Fsp3) is 0.0500. The summed E-state index contributed by atoms with van der Waals surface area (Å²) in [4.78, 5) is 26.6. The van der Waals surface area contributed by atoms with Crippen molar-refractivity contribution in [2.45, 2.75) is 0 Å². The van der Waals surface area contributed by atoms with Gasteiger partial charge in [-0.1, -0.05) is 12.1 Å². The molecule has 3 aromatic rings. The number of hydrazone groups is 1. The number of nitro benzene ring substituents is 1. The van der Waals surface area contributed by atoms with Crippen LogP contribution in [0.4, 0.5) is 11.4 Å². The molecule has 9 heteroatoms. The third kappa shape index (κ3) is 4.92. The molecule has 146 valence electrons. The van der Waals surface area contributed by atoms with Gasteiger partial charge in [-0.25, -0.2) is 4.79 Å². The number of carbonyl (C=O) groups is 1. The van der Waals surface area contributed by atoms with Crippen molar-refractivity contribution in [1.29, 1.82) is 0 Å². The predicted octanol–water partition coefficient (Wildman–Crippen LogP) is 3.66. The lowest BCUT2D eigenvalue weighted by atomic mass is 10.2. The number of rotatable bonds is 7. The molecular weight excluding hydrogens is 376 g/mol. The molecule has 0 radical (unpaired) electrons. The van der Waals surface area contributed by atoms with Crippen LogP contribution in [0.3, 0.4) is 0 Å². The summed E-state index contributed by atoms with van der Waals surface area (Å²) in [7, 11) is 1.45. The molecule has 0 saturated carbocycles. The fourth-order valence-corrected chi connectivity index (χ4v) is 2.39. The first kappa shape index (κ1) is 19.5. The Morgan fingerprint density at radius 3 is 2.72 bits per heavy atom. The number of aromatic nitrogens is 1. The lowest BCUT2D eigenvalue weighted by Crippen LogP contribution is -2.09. The molecule has 0 fully saturated rings. The summed E-state index contributed by atoms with van der Waals surface area (Å²) in [6.45, 7) is 0. The van der Waals surface area contributed by atoms with E-state index in [4.69, 9.17) is 9.47 Å². The van der Waals surface area contributed by atoms with Gasteiger partial charge < -0.3 is 9.47 Å². The maximum Gasteiger partial charge on any atom is 0.345 e.